The van der Waals surface area contributed by atoms with Crippen LogP contribution in [0.15, 0.2) is 0 Å². The summed E-state index contributed by atoms with van der Waals surface area (Å²) in [5.74, 6) is 2.62. The maximum atomic E-state index is 11.8. The number of imide groups is 1. The van der Waals surface area contributed by atoms with Crippen LogP contribution in [0.3, 0.4) is 0 Å². The molecule has 0 saturated carbocycles. The highest BCUT2D eigenvalue weighted by Crippen LogP contribution is 2.27. The molecule has 1 rings (SSSR count). The molecular weight excluding hydrogens is 606 g/mol. The number of nitrogens with one attached hydrogen (secondary N) is 2. The quantitative estimate of drug-likeness (QED) is 0.124. The van der Waals surface area contributed by atoms with Gasteiger partial charge in [-0.3, -0.25) is 28.9 Å². The van der Waals surface area contributed by atoms with E-state index in [-0.39, 0.29) is 59.7 Å². The zero-order valence-corrected chi connectivity index (χ0v) is 34.0. The van der Waals surface area contributed by atoms with E-state index in [4.69, 9.17) is 4.74 Å². The van der Waals surface area contributed by atoms with Gasteiger partial charge in [-0.25, -0.2) is 0 Å². The van der Waals surface area contributed by atoms with Crippen LogP contribution in [0.1, 0.15) is 169 Å². The predicted molar refractivity (Wildman–Crippen MR) is 199 cm³/mol. The monoisotopic (exact) mass is 684 g/mol. The number of hydrogen-bond acceptors (Lipinski definition) is 6. The average Bonchev–Trinajstić information content (AvgIpc) is 3.17. The molecule has 0 spiro atoms. The molecule has 0 radical (unpaired) electrons. The van der Waals surface area contributed by atoms with Crippen molar-refractivity contribution in [2.24, 2.45) is 29.6 Å². The topological polar surface area (TPSA) is 122 Å². The Bertz CT molecular complexity index is 864. The Morgan fingerprint density at radius 2 is 1.08 bits per heavy atom. The number of esters is 1. The molecule has 4 amide bonds. The van der Waals surface area contributed by atoms with Crippen LogP contribution in [0.5, 0.6) is 0 Å². The van der Waals surface area contributed by atoms with Crippen LogP contribution < -0.4 is 10.6 Å². The predicted octanol–water partition coefficient (Wildman–Crippen LogP) is 8.47. The van der Waals surface area contributed by atoms with Gasteiger partial charge in [-0.1, -0.05) is 61.8 Å². The van der Waals surface area contributed by atoms with Crippen molar-refractivity contribution in [3.05, 3.63) is 0 Å². The number of amides is 4. The number of likely N-dealkylation sites (tertiary alicyclic amines) is 1. The van der Waals surface area contributed by atoms with Crippen molar-refractivity contribution >= 4 is 29.6 Å². The van der Waals surface area contributed by atoms with Crippen LogP contribution in [-0.2, 0) is 28.7 Å². The maximum absolute atomic E-state index is 11.8. The lowest BCUT2D eigenvalue weighted by Crippen LogP contribution is -2.36. The van der Waals surface area contributed by atoms with Gasteiger partial charge in [0.1, 0.15) is 0 Å². The van der Waals surface area contributed by atoms with Gasteiger partial charge in [0.05, 0.1) is 6.10 Å². The molecule has 0 aliphatic carbocycles. The van der Waals surface area contributed by atoms with E-state index in [1.807, 2.05) is 55.4 Å². The molecule has 1 aliphatic rings. The highest BCUT2D eigenvalue weighted by Gasteiger charge is 2.39. The minimum absolute atomic E-state index is 0.00403. The van der Waals surface area contributed by atoms with Crippen LogP contribution in [-0.4, -0.2) is 58.7 Å². The standard InChI is InChI=1S/C11H19NO2.C10H21NO.C9H19NO.C9H18O2/c1-7(2)5-9-6-10(13)12(8(3)4)11(9)14;1-8(2)6-5-7-10(12)11-9(3)4;1-7(2)5-6-9(11)10-8(3)4;1-7(2)5-6-9(10)11-8(3)4/h7-9H,5-6H2,1-4H3;8-9H,5-7H2,1-4H3,(H,11,12);7-8H,5-6H2,1-4H3,(H,10,11);7-8H,5-6H2,1-4H3. The Hall–Kier alpha value is -2.45. The third kappa shape index (κ3) is 32.1. The van der Waals surface area contributed by atoms with Gasteiger partial charge in [0, 0.05) is 49.7 Å². The van der Waals surface area contributed by atoms with Crippen molar-refractivity contribution in [1.82, 2.24) is 15.5 Å². The molecule has 1 fully saturated rings. The maximum Gasteiger partial charge on any atom is 0.306 e. The minimum Gasteiger partial charge on any atom is -0.463 e. The highest BCUT2D eigenvalue weighted by atomic mass is 16.5. The Balaban J connectivity index is -0.000000566. The van der Waals surface area contributed by atoms with E-state index in [2.05, 4.69) is 66.0 Å². The zero-order chi connectivity index (χ0) is 38.1. The van der Waals surface area contributed by atoms with Crippen LogP contribution in [0.2, 0.25) is 0 Å². The van der Waals surface area contributed by atoms with Crippen molar-refractivity contribution in [2.45, 2.75) is 193 Å². The lowest BCUT2D eigenvalue weighted by atomic mass is 9.96. The molecule has 0 bridgehead atoms. The summed E-state index contributed by atoms with van der Waals surface area (Å²) in [6.45, 7) is 32.4. The normalized spacial score (nSPS) is 14.3. The zero-order valence-electron chi connectivity index (χ0n) is 34.0. The number of hydrogen-bond donors (Lipinski definition) is 2. The molecule has 1 unspecified atom stereocenters. The van der Waals surface area contributed by atoms with Crippen molar-refractivity contribution in [3.8, 4) is 0 Å². The first-order chi connectivity index (χ1) is 22.0. The Labute approximate surface area is 295 Å². The van der Waals surface area contributed by atoms with Crippen molar-refractivity contribution in [2.75, 3.05) is 0 Å². The molecule has 1 aliphatic heterocycles. The SMILES string of the molecule is CC(C)CC1CC(=O)N(C(C)C)C1=O.CC(C)CCC(=O)NC(C)C.CC(C)CCC(=O)OC(C)C.CC(C)CCCC(=O)NC(C)C. The minimum atomic E-state index is -0.0753. The third-order valence-corrected chi connectivity index (χ3v) is 6.88. The van der Waals surface area contributed by atoms with Crippen LogP contribution >= 0.6 is 0 Å². The van der Waals surface area contributed by atoms with E-state index in [0.29, 0.717) is 49.4 Å². The van der Waals surface area contributed by atoms with E-state index in [0.717, 1.165) is 32.1 Å². The number of rotatable bonds is 16. The van der Waals surface area contributed by atoms with Gasteiger partial charge in [-0.15, -0.1) is 0 Å². The number of carbonyl (C=O) groups excluding carboxylic acids is 5. The highest BCUT2D eigenvalue weighted by molar-refractivity contribution is 6.03. The summed E-state index contributed by atoms with van der Waals surface area (Å²) < 4.78 is 4.96. The lowest BCUT2D eigenvalue weighted by Gasteiger charge is -2.19. The summed E-state index contributed by atoms with van der Waals surface area (Å²) in [5, 5.41) is 5.74. The van der Waals surface area contributed by atoms with E-state index in [9.17, 15) is 24.0 Å². The smallest absolute Gasteiger partial charge is 0.306 e. The first-order valence-corrected chi connectivity index (χ1v) is 18.6. The Morgan fingerprint density at radius 3 is 1.44 bits per heavy atom. The van der Waals surface area contributed by atoms with Gasteiger partial charge in [0.25, 0.3) is 0 Å². The molecule has 1 atom stereocenters. The molecule has 0 aromatic heterocycles. The second kappa shape index (κ2) is 28.4. The Kier molecular flexibility index (Phi) is 29.5. The fraction of sp³-hybridized carbons (Fsp3) is 0.872. The lowest BCUT2D eigenvalue weighted by molar-refractivity contribution is -0.147. The van der Waals surface area contributed by atoms with Crippen LogP contribution in [0.25, 0.3) is 0 Å². The molecule has 9 nitrogen and oxygen atoms in total. The molecule has 48 heavy (non-hydrogen) atoms. The fourth-order valence-electron chi connectivity index (χ4n) is 4.62. The van der Waals surface area contributed by atoms with E-state index < -0.39 is 0 Å². The molecule has 284 valence electrons. The summed E-state index contributed by atoms with van der Waals surface area (Å²) in [6, 6.07) is 0.554. The molecular formula is C39H77N3O6. The molecule has 1 heterocycles. The first-order valence-electron chi connectivity index (χ1n) is 18.6. The third-order valence-electron chi connectivity index (χ3n) is 6.88. The van der Waals surface area contributed by atoms with Gasteiger partial charge in [-0.05, 0) is 105 Å². The van der Waals surface area contributed by atoms with Gasteiger partial charge in [0.15, 0.2) is 0 Å². The molecule has 9 heteroatoms. The second-order valence-electron chi connectivity index (χ2n) is 15.9. The van der Waals surface area contributed by atoms with E-state index in [1.54, 1.807) is 0 Å². The van der Waals surface area contributed by atoms with Gasteiger partial charge in [-0.2, -0.15) is 0 Å². The fourth-order valence-corrected chi connectivity index (χ4v) is 4.62. The number of nitrogens with zero attached hydrogens (tertiary/aromatic N) is 1. The summed E-state index contributed by atoms with van der Waals surface area (Å²) >= 11 is 0. The second-order valence-corrected chi connectivity index (χ2v) is 15.9. The van der Waals surface area contributed by atoms with E-state index >= 15 is 0 Å². The van der Waals surface area contributed by atoms with Crippen molar-refractivity contribution < 1.29 is 28.7 Å². The average molecular weight is 684 g/mol. The summed E-state index contributed by atoms with van der Waals surface area (Å²) in [5.41, 5.74) is 0. The first kappa shape index (κ1) is 49.9. The summed E-state index contributed by atoms with van der Waals surface area (Å²) in [6.07, 6.45) is 7.21. The largest absolute Gasteiger partial charge is 0.463 e. The van der Waals surface area contributed by atoms with Gasteiger partial charge < -0.3 is 15.4 Å². The van der Waals surface area contributed by atoms with Crippen molar-refractivity contribution in [1.29, 1.82) is 0 Å². The van der Waals surface area contributed by atoms with Crippen LogP contribution in [0.4, 0.5) is 0 Å². The number of ether oxygens (including phenoxy) is 1. The van der Waals surface area contributed by atoms with Gasteiger partial charge in [0.2, 0.25) is 23.6 Å². The molecule has 0 aromatic rings. The summed E-state index contributed by atoms with van der Waals surface area (Å²) in [4.78, 5) is 57.8. The van der Waals surface area contributed by atoms with Crippen molar-refractivity contribution in [3.63, 3.8) is 0 Å². The summed E-state index contributed by atoms with van der Waals surface area (Å²) in [7, 11) is 0. The van der Waals surface area contributed by atoms with Gasteiger partial charge >= 0.3 is 5.97 Å². The number of carbonyl (C=O) groups is 5. The molecule has 2 N–H and O–H groups in total. The molecule has 0 aromatic carbocycles. The van der Waals surface area contributed by atoms with Crippen LogP contribution in [0, 0.1) is 29.6 Å². The molecule has 1 saturated heterocycles. The van der Waals surface area contributed by atoms with E-state index in [1.165, 1.54) is 4.90 Å². The Morgan fingerprint density at radius 1 is 0.646 bits per heavy atom.